The summed E-state index contributed by atoms with van der Waals surface area (Å²) < 4.78 is 0. The highest BCUT2D eigenvalue weighted by molar-refractivity contribution is 6.09. The number of benzene rings is 2. The number of amides is 1. The molecule has 1 N–H and O–H groups in total. The molecule has 0 atom stereocenters. The van der Waals surface area contributed by atoms with Crippen molar-refractivity contribution in [3.8, 4) is 0 Å². The Kier molecular flexibility index (Phi) is 3.95. The number of nitro groups is 1. The normalized spacial score (nSPS) is 10.6. The van der Waals surface area contributed by atoms with Crippen molar-refractivity contribution < 1.29 is 9.72 Å². The number of hydrogen-bond acceptors (Lipinski definition) is 4. The van der Waals surface area contributed by atoms with Gasteiger partial charge >= 0.3 is 0 Å². The molecule has 0 saturated heterocycles. The summed E-state index contributed by atoms with van der Waals surface area (Å²) in [7, 11) is 0. The molecule has 1 aromatic heterocycles. The van der Waals surface area contributed by atoms with Crippen LogP contribution in [0.15, 0.2) is 48.5 Å². The van der Waals surface area contributed by atoms with Crippen LogP contribution in [-0.4, -0.2) is 15.8 Å². The fraction of sp³-hybridized carbons (Fsp3) is 0.111. The van der Waals surface area contributed by atoms with E-state index in [1.54, 1.807) is 25.1 Å². The third-order valence-electron chi connectivity index (χ3n) is 3.79. The number of carbonyl (C=O) groups excluding carboxylic acids is 1. The van der Waals surface area contributed by atoms with Crippen molar-refractivity contribution in [1.82, 2.24) is 4.98 Å². The molecule has 0 spiro atoms. The van der Waals surface area contributed by atoms with Crippen molar-refractivity contribution in [2.24, 2.45) is 0 Å². The number of aryl methyl sites for hydroxylation is 2. The van der Waals surface area contributed by atoms with Gasteiger partial charge in [-0.1, -0.05) is 12.1 Å². The maximum atomic E-state index is 12.5. The van der Waals surface area contributed by atoms with Gasteiger partial charge in [0, 0.05) is 28.3 Å². The zero-order valence-electron chi connectivity index (χ0n) is 13.2. The summed E-state index contributed by atoms with van der Waals surface area (Å²) in [5.41, 5.74) is 2.97. The minimum Gasteiger partial charge on any atom is -0.321 e. The topological polar surface area (TPSA) is 85.1 Å². The molecule has 120 valence electrons. The Hall–Kier alpha value is -3.28. The van der Waals surface area contributed by atoms with Gasteiger partial charge in [-0.25, -0.2) is 0 Å². The van der Waals surface area contributed by atoms with Gasteiger partial charge < -0.3 is 5.32 Å². The minimum absolute atomic E-state index is 0.0714. The fourth-order valence-corrected chi connectivity index (χ4v) is 2.51. The Morgan fingerprint density at radius 3 is 2.67 bits per heavy atom. The molecule has 24 heavy (non-hydrogen) atoms. The second-order valence-corrected chi connectivity index (χ2v) is 5.54. The molecular formula is C18H15N3O3. The Labute approximate surface area is 138 Å². The largest absolute Gasteiger partial charge is 0.321 e. The fourth-order valence-electron chi connectivity index (χ4n) is 2.51. The third-order valence-corrected chi connectivity index (χ3v) is 3.79. The van der Waals surface area contributed by atoms with E-state index in [-0.39, 0.29) is 11.3 Å². The van der Waals surface area contributed by atoms with Crippen molar-refractivity contribution in [2.45, 2.75) is 13.8 Å². The first kappa shape index (κ1) is 15.6. The van der Waals surface area contributed by atoms with Crippen molar-refractivity contribution in [2.75, 3.05) is 5.32 Å². The molecule has 0 unspecified atom stereocenters. The van der Waals surface area contributed by atoms with Gasteiger partial charge in [0.25, 0.3) is 11.6 Å². The number of anilines is 1. The zero-order valence-corrected chi connectivity index (χ0v) is 13.2. The molecule has 0 radical (unpaired) electrons. The second-order valence-electron chi connectivity index (χ2n) is 5.54. The highest BCUT2D eigenvalue weighted by Crippen LogP contribution is 2.24. The van der Waals surface area contributed by atoms with Crippen molar-refractivity contribution >= 4 is 28.2 Å². The summed E-state index contributed by atoms with van der Waals surface area (Å²) in [6.07, 6.45) is 0. The molecule has 6 nitrogen and oxygen atoms in total. The van der Waals surface area contributed by atoms with Gasteiger partial charge in [-0.2, -0.15) is 0 Å². The first-order valence-electron chi connectivity index (χ1n) is 7.38. The van der Waals surface area contributed by atoms with Crippen LogP contribution in [0, 0.1) is 24.0 Å². The Morgan fingerprint density at radius 1 is 1.12 bits per heavy atom. The number of rotatable bonds is 3. The molecule has 0 aliphatic rings. The molecule has 2 aromatic carbocycles. The van der Waals surface area contributed by atoms with Gasteiger partial charge in [0.1, 0.15) is 0 Å². The van der Waals surface area contributed by atoms with Gasteiger partial charge in [0.15, 0.2) is 0 Å². The lowest BCUT2D eigenvalue weighted by molar-refractivity contribution is -0.385. The van der Waals surface area contributed by atoms with Gasteiger partial charge in [-0.3, -0.25) is 19.9 Å². The molecule has 1 heterocycles. The Morgan fingerprint density at radius 2 is 1.92 bits per heavy atom. The summed E-state index contributed by atoms with van der Waals surface area (Å²) in [5.74, 6) is -0.397. The number of carbonyl (C=O) groups is 1. The quantitative estimate of drug-likeness (QED) is 0.583. The van der Waals surface area contributed by atoms with Gasteiger partial charge in [-0.05, 0) is 44.2 Å². The zero-order chi connectivity index (χ0) is 17.3. The van der Waals surface area contributed by atoms with E-state index in [4.69, 9.17) is 0 Å². The maximum Gasteiger partial charge on any atom is 0.273 e. The predicted octanol–water partition coefficient (Wildman–Crippen LogP) is 4.01. The lowest BCUT2D eigenvalue weighted by Crippen LogP contribution is -2.12. The van der Waals surface area contributed by atoms with E-state index >= 15 is 0 Å². The molecule has 0 fully saturated rings. The lowest BCUT2D eigenvalue weighted by Gasteiger charge is -2.09. The summed E-state index contributed by atoms with van der Waals surface area (Å²) in [6, 6.07) is 13.7. The van der Waals surface area contributed by atoms with E-state index in [2.05, 4.69) is 10.3 Å². The smallest absolute Gasteiger partial charge is 0.273 e. The molecule has 3 aromatic rings. The molecule has 0 aliphatic carbocycles. The molecule has 0 aliphatic heterocycles. The number of fused-ring (bicyclic) bond motifs is 1. The van der Waals surface area contributed by atoms with Crippen LogP contribution in [0.3, 0.4) is 0 Å². The van der Waals surface area contributed by atoms with Crippen LogP contribution >= 0.6 is 0 Å². The molecule has 6 heteroatoms. The lowest BCUT2D eigenvalue weighted by atomic mass is 10.1. The number of aromatic nitrogens is 1. The summed E-state index contributed by atoms with van der Waals surface area (Å²) in [6.45, 7) is 3.54. The highest BCUT2D eigenvalue weighted by Gasteiger charge is 2.15. The van der Waals surface area contributed by atoms with Crippen LogP contribution in [-0.2, 0) is 0 Å². The highest BCUT2D eigenvalue weighted by atomic mass is 16.6. The number of pyridine rings is 1. The summed E-state index contributed by atoms with van der Waals surface area (Å²) >= 11 is 0. The molecular weight excluding hydrogens is 306 g/mol. The first-order chi connectivity index (χ1) is 11.5. The molecule has 3 rings (SSSR count). The van der Waals surface area contributed by atoms with Gasteiger partial charge in [0.2, 0.25) is 0 Å². The van der Waals surface area contributed by atoms with Gasteiger partial charge in [-0.15, -0.1) is 0 Å². The SMILES string of the molecule is Cc1ccc2c(NC(=O)c3ccc(C)c([N+](=O)[O-])c3)cccc2n1. The average Bonchev–Trinajstić information content (AvgIpc) is 2.54. The Balaban J connectivity index is 1.96. The number of nitro benzene ring substituents is 1. The van der Waals surface area contributed by atoms with E-state index < -0.39 is 10.8 Å². The number of hydrogen-bond donors (Lipinski definition) is 1. The van der Waals surface area contributed by atoms with Crippen LogP contribution in [0.5, 0.6) is 0 Å². The molecule has 0 bridgehead atoms. The monoisotopic (exact) mass is 321 g/mol. The molecule has 0 saturated carbocycles. The summed E-state index contributed by atoms with van der Waals surface area (Å²) in [4.78, 5) is 27.4. The van der Waals surface area contributed by atoms with Gasteiger partial charge in [0.05, 0.1) is 16.1 Å². The van der Waals surface area contributed by atoms with Crippen LogP contribution < -0.4 is 5.32 Å². The molecule has 1 amide bonds. The standard InChI is InChI=1S/C18H15N3O3/c1-11-6-8-13(10-17(11)21(23)24)18(22)20-16-5-3-4-15-14(16)9-7-12(2)19-15/h3-10H,1-2H3,(H,20,22). The maximum absolute atomic E-state index is 12.5. The second kappa shape index (κ2) is 6.08. The van der Waals surface area contributed by atoms with E-state index in [0.29, 0.717) is 11.3 Å². The summed E-state index contributed by atoms with van der Waals surface area (Å²) in [5, 5.41) is 14.6. The third kappa shape index (κ3) is 2.94. The van der Waals surface area contributed by atoms with Crippen molar-refractivity contribution in [1.29, 1.82) is 0 Å². The van der Waals surface area contributed by atoms with E-state index in [1.165, 1.54) is 6.07 Å². The predicted molar refractivity (Wildman–Crippen MR) is 92.3 cm³/mol. The van der Waals surface area contributed by atoms with Crippen molar-refractivity contribution in [3.05, 3.63) is 75.5 Å². The Bertz CT molecular complexity index is 967. The van der Waals surface area contributed by atoms with E-state index in [9.17, 15) is 14.9 Å². The number of nitrogens with zero attached hydrogens (tertiary/aromatic N) is 2. The van der Waals surface area contributed by atoms with Crippen LogP contribution in [0.2, 0.25) is 0 Å². The average molecular weight is 321 g/mol. The van der Waals surface area contributed by atoms with E-state index in [1.807, 2.05) is 31.2 Å². The first-order valence-corrected chi connectivity index (χ1v) is 7.38. The number of nitrogens with one attached hydrogen (secondary N) is 1. The van der Waals surface area contributed by atoms with Crippen LogP contribution in [0.4, 0.5) is 11.4 Å². The van der Waals surface area contributed by atoms with Crippen molar-refractivity contribution in [3.63, 3.8) is 0 Å². The van der Waals surface area contributed by atoms with Crippen LogP contribution in [0.1, 0.15) is 21.6 Å². The minimum atomic E-state index is -0.489. The van der Waals surface area contributed by atoms with Crippen LogP contribution in [0.25, 0.3) is 10.9 Å². The van der Waals surface area contributed by atoms with E-state index in [0.717, 1.165) is 16.6 Å².